The SMILES string of the molecule is Cc1ccc(NC(=O)C2CCCCC2)c(NCC(O)CCl)c1. The highest BCUT2D eigenvalue weighted by molar-refractivity contribution is 6.18. The monoisotopic (exact) mass is 324 g/mol. The van der Waals surface area contributed by atoms with Crippen molar-refractivity contribution in [2.75, 3.05) is 23.1 Å². The molecule has 0 saturated heterocycles. The number of nitrogens with one attached hydrogen (secondary N) is 2. The Morgan fingerprint density at radius 1 is 1.32 bits per heavy atom. The molecule has 0 bridgehead atoms. The Morgan fingerprint density at radius 2 is 2.05 bits per heavy atom. The highest BCUT2D eigenvalue weighted by Crippen LogP contribution is 2.28. The van der Waals surface area contributed by atoms with Gasteiger partial charge >= 0.3 is 0 Å². The van der Waals surface area contributed by atoms with Crippen molar-refractivity contribution < 1.29 is 9.90 Å². The van der Waals surface area contributed by atoms with Crippen LogP contribution in [0.4, 0.5) is 11.4 Å². The van der Waals surface area contributed by atoms with Crippen molar-refractivity contribution in [1.82, 2.24) is 0 Å². The largest absolute Gasteiger partial charge is 0.390 e. The zero-order valence-electron chi connectivity index (χ0n) is 13.1. The first-order valence-corrected chi connectivity index (χ1v) is 8.53. The summed E-state index contributed by atoms with van der Waals surface area (Å²) < 4.78 is 0. The summed E-state index contributed by atoms with van der Waals surface area (Å²) in [6.45, 7) is 2.36. The van der Waals surface area contributed by atoms with E-state index in [9.17, 15) is 9.90 Å². The number of benzene rings is 1. The first-order valence-electron chi connectivity index (χ1n) is 7.99. The quantitative estimate of drug-likeness (QED) is 0.702. The van der Waals surface area contributed by atoms with Crippen LogP contribution in [0.2, 0.25) is 0 Å². The molecule has 5 heteroatoms. The molecule has 1 unspecified atom stereocenters. The van der Waals surface area contributed by atoms with Gasteiger partial charge in [0.1, 0.15) is 0 Å². The number of alkyl halides is 1. The Kier molecular flexibility index (Phi) is 6.52. The minimum Gasteiger partial charge on any atom is -0.390 e. The number of amides is 1. The number of carbonyl (C=O) groups excluding carboxylic acids is 1. The van der Waals surface area contributed by atoms with Gasteiger partial charge in [0.05, 0.1) is 23.4 Å². The molecular formula is C17H25ClN2O2. The zero-order valence-corrected chi connectivity index (χ0v) is 13.8. The van der Waals surface area contributed by atoms with Crippen LogP contribution >= 0.6 is 11.6 Å². The number of carbonyl (C=O) groups is 1. The third-order valence-corrected chi connectivity index (χ3v) is 4.47. The maximum Gasteiger partial charge on any atom is 0.227 e. The van der Waals surface area contributed by atoms with Crippen LogP contribution in [0.1, 0.15) is 37.7 Å². The third kappa shape index (κ3) is 4.89. The van der Waals surface area contributed by atoms with Crippen molar-refractivity contribution in [1.29, 1.82) is 0 Å². The smallest absolute Gasteiger partial charge is 0.227 e. The lowest BCUT2D eigenvalue weighted by Crippen LogP contribution is -2.26. The van der Waals surface area contributed by atoms with Crippen molar-refractivity contribution >= 4 is 28.9 Å². The predicted molar refractivity (Wildman–Crippen MR) is 91.6 cm³/mol. The molecule has 1 fully saturated rings. The number of hydrogen-bond acceptors (Lipinski definition) is 3. The van der Waals surface area contributed by atoms with Gasteiger partial charge in [0, 0.05) is 12.5 Å². The maximum atomic E-state index is 12.4. The molecule has 4 nitrogen and oxygen atoms in total. The molecule has 22 heavy (non-hydrogen) atoms. The second kappa shape index (κ2) is 8.39. The molecule has 0 aliphatic heterocycles. The summed E-state index contributed by atoms with van der Waals surface area (Å²) in [6.07, 6.45) is 4.86. The Balaban J connectivity index is 2.03. The summed E-state index contributed by atoms with van der Waals surface area (Å²) >= 11 is 5.62. The van der Waals surface area contributed by atoms with E-state index < -0.39 is 6.10 Å². The van der Waals surface area contributed by atoms with E-state index in [1.807, 2.05) is 25.1 Å². The number of anilines is 2. The molecule has 0 radical (unpaired) electrons. The Bertz CT molecular complexity index is 501. The highest BCUT2D eigenvalue weighted by atomic mass is 35.5. The van der Waals surface area contributed by atoms with Crippen LogP contribution in [0, 0.1) is 12.8 Å². The molecule has 1 aliphatic rings. The summed E-state index contributed by atoms with van der Waals surface area (Å²) in [5, 5.41) is 15.8. The fourth-order valence-electron chi connectivity index (χ4n) is 2.80. The van der Waals surface area contributed by atoms with Gasteiger partial charge in [0.25, 0.3) is 0 Å². The lowest BCUT2D eigenvalue weighted by atomic mass is 9.88. The van der Waals surface area contributed by atoms with Crippen molar-refractivity contribution in [3.05, 3.63) is 23.8 Å². The molecule has 1 aliphatic carbocycles. The van der Waals surface area contributed by atoms with Crippen LogP contribution in [0.5, 0.6) is 0 Å². The van der Waals surface area contributed by atoms with Crippen LogP contribution < -0.4 is 10.6 Å². The van der Waals surface area contributed by atoms with Gasteiger partial charge in [-0.1, -0.05) is 25.3 Å². The van der Waals surface area contributed by atoms with E-state index in [1.165, 1.54) is 6.42 Å². The lowest BCUT2D eigenvalue weighted by molar-refractivity contribution is -0.120. The van der Waals surface area contributed by atoms with Gasteiger partial charge in [-0.2, -0.15) is 0 Å². The second-order valence-corrected chi connectivity index (χ2v) is 6.37. The van der Waals surface area contributed by atoms with Gasteiger partial charge < -0.3 is 15.7 Å². The number of rotatable bonds is 6. The average Bonchev–Trinajstić information content (AvgIpc) is 2.55. The Hall–Kier alpha value is -1.26. The molecule has 1 aromatic rings. The molecule has 122 valence electrons. The second-order valence-electron chi connectivity index (χ2n) is 6.06. The van der Waals surface area contributed by atoms with Gasteiger partial charge in [-0.25, -0.2) is 0 Å². The molecule has 1 atom stereocenters. The minimum atomic E-state index is -0.607. The summed E-state index contributed by atoms with van der Waals surface area (Å²) in [4.78, 5) is 12.4. The van der Waals surface area contributed by atoms with E-state index in [1.54, 1.807) is 0 Å². The highest BCUT2D eigenvalue weighted by Gasteiger charge is 2.21. The van der Waals surface area contributed by atoms with Crippen LogP contribution in [0.15, 0.2) is 18.2 Å². The molecule has 1 aromatic carbocycles. The first-order chi connectivity index (χ1) is 10.6. The normalized spacial score (nSPS) is 17.0. The van der Waals surface area contributed by atoms with E-state index in [2.05, 4.69) is 10.6 Å². The van der Waals surface area contributed by atoms with Crippen molar-refractivity contribution in [3.63, 3.8) is 0 Å². The number of halogens is 1. The first kappa shape index (κ1) is 17.1. The molecule has 0 heterocycles. The predicted octanol–water partition coefficient (Wildman–Crippen LogP) is 3.53. The van der Waals surface area contributed by atoms with Crippen molar-refractivity contribution in [3.8, 4) is 0 Å². The number of hydrogen-bond donors (Lipinski definition) is 3. The minimum absolute atomic E-state index is 0.101. The van der Waals surface area contributed by atoms with E-state index in [0.717, 1.165) is 42.6 Å². The van der Waals surface area contributed by atoms with Gasteiger partial charge in [0.2, 0.25) is 5.91 Å². The zero-order chi connectivity index (χ0) is 15.9. The molecule has 2 rings (SSSR count). The van der Waals surface area contributed by atoms with Gasteiger partial charge in [-0.3, -0.25) is 4.79 Å². The summed E-state index contributed by atoms with van der Waals surface area (Å²) in [6, 6.07) is 5.85. The summed E-state index contributed by atoms with van der Waals surface area (Å²) in [5.74, 6) is 0.406. The lowest BCUT2D eigenvalue weighted by Gasteiger charge is -2.22. The molecule has 1 saturated carbocycles. The van der Waals surface area contributed by atoms with Crippen molar-refractivity contribution in [2.24, 2.45) is 5.92 Å². The van der Waals surface area contributed by atoms with Crippen LogP contribution in [0.3, 0.4) is 0 Å². The van der Waals surface area contributed by atoms with Crippen LogP contribution in [-0.4, -0.2) is 29.5 Å². The average molecular weight is 325 g/mol. The summed E-state index contributed by atoms with van der Waals surface area (Å²) in [5.41, 5.74) is 2.69. The van der Waals surface area contributed by atoms with E-state index in [4.69, 9.17) is 11.6 Å². The molecule has 1 amide bonds. The number of aryl methyl sites for hydroxylation is 1. The van der Waals surface area contributed by atoms with E-state index in [0.29, 0.717) is 6.54 Å². The fraction of sp³-hybridized carbons (Fsp3) is 0.588. The Labute approximate surface area is 137 Å². The topological polar surface area (TPSA) is 61.4 Å². The molecule has 0 aromatic heterocycles. The van der Waals surface area contributed by atoms with Crippen LogP contribution in [-0.2, 0) is 4.79 Å². The molecule has 3 N–H and O–H groups in total. The number of aliphatic hydroxyl groups excluding tert-OH is 1. The standard InChI is InChI=1S/C17H25ClN2O2/c1-12-7-8-15(16(9-12)19-11-14(21)10-18)20-17(22)13-5-3-2-4-6-13/h7-9,13-14,19,21H,2-6,10-11H2,1H3,(H,20,22). The number of aliphatic hydroxyl groups is 1. The third-order valence-electron chi connectivity index (χ3n) is 4.12. The van der Waals surface area contributed by atoms with Crippen molar-refractivity contribution in [2.45, 2.75) is 45.1 Å². The molecular weight excluding hydrogens is 300 g/mol. The van der Waals surface area contributed by atoms with Crippen LogP contribution in [0.25, 0.3) is 0 Å². The van der Waals surface area contributed by atoms with Gasteiger partial charge in [0.15, 0.2) is 0 Å². The maximum absolute atomic E-state index is 12.4. The van der Waals surface area contributed by atoms with E-state index in [-0.39, 0.29) is 17.7 Å². The summed E-state index contributed by atoms with van der Waals surface area (Å²) in [7, 11) is 0. The molecule has 0 spiro atoms. The Morgan fingerprint density at radius 3 is 2.73 bits per heavy atom. The van der Waals surface area contributed by atoms with E-state index >= 15 is 0 Å². The fourth-order valence-corrected chi connectivity index (χ4v) is 2.90. The van der Waals surface area contributed by atoms with Gasteiger partial charge in [-0.05, 0) is 37.5 Å². The van der Waals surface area contributed by atoms with Gasteiger partial charge in [-0.15, -0.1) is 11.6 Å².